The fraction of sp³-hybridized carbons (Fsp3) is 0.111. The number of hydrogen-bond donors (Lipinski definition) is 1. The Hall–Kier alpha value is -3.29. The molecule has 26 heavy (non-hydrogen) atoms. The third kappa shape index (κ3) is 4.62. The van der Waals surface area contributed by atoms with Gasteiger partial charge in [-0.1, -0.05) is 18.2 Å². The third-order valence-electron chi connectivity index (χ3n) is 3.33. The molecular weight excluding hydrogens is 349 g/mol. The quantitative estimate of drug-likeness (QED) is 0.741. The van der Waals surface area contributed by atoms with Crippen molar-refractivity contribution < 1.29 is 27.4 Å². The molecular formula is C18H13F3N2O3. The topological polar surface area (TPSA) is 60.5 Å². The Bertz CT molecular complexity index is 906. The van der Waals surface area contributed by atoms with Gasteiger partial charge in [-0.15, -0.1) is 13.2 Å². The number of alkyl halides is 3. The van der Waals surface area contributed by atoms with Crippen LogP contribution in [-0.2, 0) is 4.79 Å². The molecule has 0 aliphatic heterocycles. The standard InChI is InChI=1S/C18H13F3N2O3/c19-18(20,21)26-14-8-6-13(7-9-14)23-16(24)11-25-15-5-1-3-12-4-2-10-22-17(12)15/h1-10H,11H2,(H,23,24). The Balaban J connectivity index is 1.59. The Kier molecular flexibility index (Phi) is 4.92. The second kappa shape index (κ2) is 7.30. The van der Waals surface area contributed by atoms with Crippen molar-refractivity contribution in [3.63, 3.8) is 0 Å². The number of aromatic nitrogens is 1. The molecule has 0 radical (unpaired) electrons. The molecule has 0 aliphatic carbocycles. The predicted octanol–water partition coefficient (Wildman–Crippen LogP) is 4.15. The number of benzene rings is 2. The lowest BCUT2D eigenvalue weighted by Gasteiger charge is -2.11. The molecule has 2 aromatic carbocycles. The van der Waals surface area contributed by atoms with Crippen LogP contribution in [0.5, 0.6) is 11.5 Å². The van der Waals surface area contributed by atoms with E-state index >= 15 is 0 Å². The van der Waals surface area contributed by atoms with Gasteiger partial charge in [-0.25, -0.2) is 0 Å². The summed E-state index contributed by atoms with van der Waals surface area (Å²) in [5, 5.41) is 3.41. The zero-order valence-corrected chi connectivity index (χ0v) is 13.3. The molecule has 0 spiro atoms. The van der Waals surface area contributed by atoms with Crippen LogP contribution in [0.25, 0.3) is 10.9 Å². The molecule has 5 nitrogen and oxygen atoms in total. The van der Waals surface area contributed by atoms with Gasteiger partial charge in [-0.3, -0.25) is 9.78 Å². The van der Waals surface area contributed by atoms with Crippen LogP contribution in [0.15, 0.2) is 60.8 Å². The van der Waals surface area contributed by atoms with Crippen molar-refractivity contribution in [1.29, 1.82) is 0 Å². The van der Waals surface area contributed by atoms with Gasteiger partial charge in [0.25, 0.3) is 5.91 Å². The van der Waals surface area contributed by atoms with Crippen LogP contribution in [0.4, 0.5) is 18.9 Å². The number of nitrogens with one attached hydrogen (secondary N) is 1. The van der Waals surface area contributed by atoms with E-state index in [1.54, 1.807) is 24.4 Å². The molecule has 8 heteroatoms. The van der Waals surface area contributed by atoms with Crippen molar-refractivity contribution in [2.45, 2.75) is 6.36 Å². The first-order chi connectivity index (χ1) is 12.4. The number of carbonyl (C=O) groups excluding carboxylic acids is 1. The van der Waals surface area contributed by atoms with Crippen molar-refractivity contribution in [2.24, 2.45) is 0 Å². The molecule has 0 unspecified atom stereocenters. The largest absolute Gasteiger partial charge is 0.573 e. The monoisotopic (exact) mass is 362 g/mol. The van der Waals surface area contributed by atoms with E-state index < -0.39 is 12.3 Å². The summed E-state index contributed by atoms with van der Waals surface area (Å²) in [5.74, 6) is -0.358. The van der Waals surface area contributed by atoms with E-state index in [1.807, 2.05) is 12.1 Å². The Morgan fingerprint density at radius 3 is 2.50 bits per heavy atom. The molecule has 3 aromatic rings. The van der Waals surface area contributed by atoms with Crippen molar-refractivity contribution >= 4 is 22.5 Å². The zero-order chi connectivity index (χ0) is 18.6. The van der Waals surface area contributed by atoms with Crippen molar-refractivity contribution in [3.05, 3.63) is 60.8 Å². The van der Waals surface area contributed by atoms with Gasteiger partial charge in [0.2, 0.25) is 0 Å². The maximum atomic E-state index is 12.1. The van der Waals surface area contributed by atoms with Gasteiger partial charge >= 0.3 is 6.36 Å². The van der Waals surface area contributed by atoms with Gasteiger partial charge in [0.1, 0.15) is 17.0 Å². The van der Waals surface area contributed by atoms with Gasteiger partial charge in [0.05, 0.1) is 0 Å². The van der Waals surface area contributed by atoms with Crippen LogP contribution in [0.1, 0.15) is 0 Å². The van der Waals surface area contributed by atoms with Crippen LogP contribution < -0.4 is 14.8 Å². The molecule has 0 bridgehead atoms. The van der Waals surface area contributed by atoms with Crippen LogP contribution in [0, 0.1) is 0 Å². The first-order valence-corrected chi connectivity index (χ1v) is 7.53. The van der Waals surface area contributed by atoms with Crippen molar-refractivity contribution in [2.75, 3.05) is 11.9 Å². The van der Waals surface area contributed by atoms with Gasteiger partial charge in [-0.05, 0) is 36.4 Å². The molecule has 1 heterocycles. The highest BCUT2D eigenvalue weighted by Crippen LogP contribution is 2.24. The molecule has 0 aliphatic rings. The maximum Gasteiger partial charge on any atom is 0.573 e. The Labute approximate surface area is 146 Å². The predicted molar refractivity (Wildman–Crippen MR) is 89.0 cm³/mol. The van der Waals surface area contributed by atoms with E-state index in [4.69, 9.17) is 4.74 Å². The molecule has 134 valence electrons. The number of nitrogens with zero attached hydrogens (tertiary/aromatic N) is 1. The first-order valence-electron chi connectivity index (χ1n) is 7.53. The lowest BCUT2D eigenvalue weighted by molar-refractivity contribution is -0.274. The van der Waals surface area contributed by atoms with E-state index in [9.17, 15) is 18.0 Å². The number of ether oxygens (including phenoxy) is 2. The number of carbonyl (C=O) groups is 1. The Morgan fingerprint density at radius 1 is 1.04 bits per heavy atom. The van der Waals surface area contributed by atoms with E-state index in [2.05, 4.69) is 15.0 Å². The summed E-state index contributed by atoms with van der Waals surface area (Å²) >= 11 is 0. The highest BCUT2D eigenvalue weighted by atomic mass is 19.4. The molecule has 0 fully saturated rings. The minimum Gasteiger partial charge on any atom is -0.481 e. The molecule has 3 rings (SSSR count). The number of pyridine rings is 1. The molecule has 1 amide bonds. The number of halogens is 3. The van der Waals surface area contributed by atoms with E-state index in [0.29, 0.717) is 17.0 Å². The summed E-state index contributed by atoms with van der Waals surface area (Å²) in [6, 6.07) is 13.9. The summed E-state index contributed by atoms with van der Waals surface area (Å²) in [6.45, 7) is -0.267. The number of hydrogen-bond acceptors (Lipinski definition) is 4. The van der Waals surface area contributed by atoms with Crippen LogP contribution in [0.3, 0.4) is 0 Å². The number of para-hydroxylation sites is 1. The Morgan fingerprint density at radius 2 is 1.77 bits per heavy atom. The normalized spacial score (nSPS) is 11.2. The maximum absolute atomic E-state index is 12.1. The highest BCUT2D eigenvalue weighted by Gasteiger charge is 2.30. The second-order valence-corrected chi connectivity index (χ2v) is 5.24. The lowest BCUT2D eigenvalue weighted by Crippen LogP contribution is -2.20. The molecule has 0 saturated carbocycles. The average Bonchev–Trinajstić information content (AvgIpc) is 2.60. The average molecular weight is 362 g/mol. The van der Waals surface area contributed by atoms with Gasteiger partial charge in [-0.2, -0.15) is 0 Å². The highest BCUT2D eigenvalue weighted by molar-refractivity contribution is 5.92. The summed E-state index contributed by atoms with van der Waals surface area (Å²) in [4.78, 5) is 16.2. The lowest BCUT2D eigenvalue weighted by atomic mass is 10.2. The third-order valence-corrected chi connectivity index (χ3v) is 3.33. The summed E-state index contributed by atoms with van der Waals surface area (Å²) in [6.07, 6.45) is -3.13. The van der Waals surface area contributed by atoms with Gasteiger partial charge in [0, 0.05) is 17.3 Å². The van der Waals surface area contributed by atoms with E-state index in [0.717, 1.165) is 17.5 Å². The van der Waals surface area contributed by atoms with Crippen molar-refractivity contribution in [1.82, 2.24) is 4.98 Å². The molecule has 1 N–H and O–H groups in total. The first kappa shape index (κ1) is 17.5. The zero-order valence-electron chi connectivity index (χ0n) is 13.3. The SMILES string of the molecule is O=C(COc1cccc2cccnc12)Nc1ccc(OC(F)(F)F)cc1. The van der Waals surface area contributed by atoms with Crippen molar-refractivity contribution in [3.8, 4) is 11.5 Å². The molecule has 1 aromatic heterocycles. The number of amides is 1. The second-order valence-electron chi connectivity index (χ2n) is 5.24. The minimum atomic E-state index is -4.76. The van der Waals surface area contributed by atoms with E-state index in [-0.39, 0.29) is 12.4 Å². The molecule has 0 saturated heterocycles. The number of rotatable bonds is 5. The fourth-order valence-electron chi connectivity index (χ4n) is 2.27. The van der Waals surface area contributed by atoms with E-state index in [1.165, 1.54) is 12.1 Å². The van der Waals surface area contributed by atoms with Gasteiger partial charge < -0.3 is 14.8 Å². The number of fused-ring (bicyclic) bond motifs is 1. The summed E-state index contributed by atoms with van der Waals surface area (Å²) < 4.78 is 45.6. The smallest absolute Gasteiger partial charge is 0.481 e. The number of anilines is 1. The van der Waals surface area contributed by atoms with Crippen LogP contribution in [0.2, 0.25) is 0 Å². The van der Waals surface area contributed by atoms with Gasteiger partial charge in [0.15, 0.2) is 6.61 Å². The van der Waals surface area contributed by atoms with Crippen LogP contribution >= 0.6 is 0 Å². The minimum absolute atomic E-state index is 0.267. The van der Waals surface area contributed by atoms with Crippen LogP contribution in [-0.4, -0.2) is 23.9 Å². The summed E-state index contributed by atoms with van der Waals surface area (Å²) in [7, 11) is 0. The molecule has 0 atom stereocenters. The summed E-state index contributed by atoms with van der Waals surface area (Å²) in [5.41, 5.74) is 0.959. The fourth-order valence-corrected chi connectivity index (χ4v) is 2.27.